The van der Waals surface area contributed by atoms with E-state index in [9.17, 15) is 9.59 Å². The number of carbonyl (C=O) groups excluding carboxylic acids is 2. The largest absolute Gasteiger partial charge is 0.348 e. The van der Waals surface area contributed by atoms with Gasteiger partial charge in [0.25, 0.3) is 5.91 Å². The number of aryl methyl sites for hydroxylation is 1. The van der Waals surface area contributed by atoms with Gasteiger partial charge >= 0.3 is 0 Å². The maximum Gasteiger partial charge on any atom is 0.252 e. The lowest BCUT2D eigenvalue weighted by atomic mass is 10.1. The second-order valence-electron chi connectivity index (χ2n) is 8.26. The smallest absolute Gasteiger partial charge is 0.252 e. The molecule has 0 atom stereocenters. The Morgan fingerprint density at radius 1 is 1.06 bits per heavy atom. The van der Waals surface area contributed by atoms with Crippen LogP contribution in [0.25, 0.3) is 22.3 Å². The number of rotatable bonds is 7. The van der Waals surface area contributed by atoms with E-state index in [2.05, 4.69) is 15.7 Å². The average molecular weight is 440 g/mol. The number of amides is 2. The number of anilines is 1. The first-order valence-corrected chi connectivity index (χ1v) is 11.2. The molecular formula is C26H25N5O2. The van der Waals surface area contributed by atoms with Gasteiger partial charge in [-0.15, -0.1) is 0 Å². The third kappa shape index (κ3) is 4.48. The zero-order valence-electron chi connectivity index (χ0n) is 18.4. The second kappa shape index (κ2) is 8.86. The summed E-state index contributed by atoms with van der Waals surface area (Å²) in [5.41, 5.74) is 4.65. The maximum absolute atomic E-state index is 13.2. The second-order valence-corrected chi connectivity index (χ2v) is 8.26. The zero-order valence-corrected chi connectivity index (χ0v) is 18.4. The molecule has 0 spiro atoms. The quantitative estimate of drug-likeness (QED) is 0.447. The molecule has 0 bridgehead atoms. The van der Waals surface area contributed by atoms with Crippen LogP contribution in [-0.4, -0.2) is 26.6 Å². The molecule has 2 aromatic heterocycles. The van der Waals surface area contributed by atoms with Gasteiger partial charge in [-0.25, -0.2) is 9.67 Å². The number of nitrogens with one attached hydrogen (secondary N) is 2. The van der Waals surface area contributed by atoms with Gasteiger partial charge in [0.1, 0.15) is 0 Å². The monoisotopic (exact) mass is 439 g/mol. The lowest BCUT2D eigenvalue weighted by Gasteiger charge is -2.10. The number of carbonyl (C=O) groups is 2. The number of fused-ring (bicyclic) bond motifs is 1. The molecule has 7 heteroatoms. The van der Waals surface area contributed by atoms with Crippen LogP contribution in [0, 0.1) is 5.92 Å². The van der Waals surface area contributed by atoms with Crippen molar-refractivity contribution in [1.29, 1.82) is 0 Å². The number of pyridine rings is 1. The van der Waals surface area contributed by atoms with Crippen molar-refractivity contribution >= 4 is 28.5 Å². The van der Waals surface area contributed by atoms with Gasteiger partial charge in [-0.05, 0) is 43.5 Å². The highest BCUT2D eigenvalue weighted by atomic mass is 16.2. The Bertz CT molecular complexity index is 1310. The predicted octanol–water partition coefficient (Wildman–Crippen LogP) is 4.40. The van der Waals surface area contributed by atoms with E-state index in [1.807, 2.05) is 67.6 Å². The molecular weight excluding hydrogens is 414 g/mol. The molecule has 2 heterocycles. The van der Waals surface area contributed by atoms with Crippen molar-refractivity contribution in [2.45, 2.75) is 32.9 Å². The SMILES string of the molecule is CCn1ncc2c(C(=O)NCc3ccc(NC(=O)C4CC4)cc3)cc(-c3ccccc3)nc21. The highest BCUT2D eigenvalue weighted by Gasteiger charge is 2.29. The maximum atomic E-state index is 13.2. The molecule has 2 aromatic carbocycles. The van der Waals surface area contributed by atoms with Gasteiger partial charge < -0.3 is 10.6 Å². The first-order valence-electron chi connectivity index (χ1n) is 11.2. The number of aromatic nitrogens is 3. The van der Waals surface area contributed by atoms with Gasteiger partial charge in [-0.1, -0.05) is 42.5 Å². The Kier molecular flexibility index (Phi) is 5.60. The van der Waals surface area contributed by atoms with Crippen molar-refractivity contribution in [3.8, 4) is 11.3 Å². The molecule has 0 saturated heterocycles. The summed E-state index contributed by atoms with van der Waals surface area (Å²) in [5, 5.41) is 11.1. The molecule has 5 rings (SSSR count). The van der Waals surface area contributed by atoms with Crippen LogP contribution in [0.15, 0.2) is 66.9 Å². The Labute approximate surface area is 191 Å². The topological polar surface area (TPSA) is 88.9 Å². The fourth-order valence-electron chi connectivity index (χ4n) is 3.80. The van der Waals surface area contributed by atoms with E-state index in [0.717, 1.165) is 40.7 Å². The van der Waals surface area contributed by atoms with Gasteiger partial charge in [-0.3, -0.25) is 9.59 Å². The summed E-state index contributed by atoms with van der Waals surface area (Å²) >= 11 is 0. The van der Waals surface area contributed by atoms with Crippen LogP contribution < -0.4 is 10.6 Å². The van der Waals surface area contributed by atoms with Gasteiger partial charge in [0.15, 0.2) is 5.65 Å². The van der Waals surface area contributed by atoms with Crippen molar-refractivity contribution in [1.82, 2.24) is 20.1 Å². The molecule has 1 fully saturated rings. The fraction of sp³-hybridized carbons (Fsp3) is 0.231. The Balaban J connectivity index is 1.35. The van der Waals surface area contributed by atoms with E-state index in [4.69, 9.17) is 4.98 Å². The predicted molar refractivity (Wildman–Crippen MR) is 128 cm³/mol. The molecule has 0 unspecified atom stereocenters. The Morgan fingerprint density at radius 3 is 2.52 bits per heavy atom. The molecule has 1 saturated carbocycles. The molecule has 0 aliphatic heterocycles. The van der Waals surface area contributed by atoms with E-state index in [1.165, 1.54) is 0 Å². The standard InChI is InChI=1S/C26H25N5O2/c1-2-31-24-22(16-28-31)21(14-23(30-24)18-6-4-3-5-7-18)26(33)27-15-17-8-12-20(13-9-17)29-25(32)19-10-11-19/h3-9,12-14,16,19H,2,10-11,15H2,1H3,(H,27,33)(H,29,32). The van der Waals surface area contributed by atoms with E-state index in [-0.39, 0.29) is 17.7 Å². The van der Waals surface area contributed by atoms with Crippen LogP contribution in [0.2, 0.25) is 0 Å². The van der Waals surface area contributed by atoms with E-state index >= 15 is 0 Å². The summed E-state index contributed by atoms with van der Waals surface area (Å²) in [4.78, 5) is 29.9. The number of benzene rings is 2. The Morgan fingerprint density at radius 2 is 1.82 bits per heavy atom. The van der Waals surface area contributed by atoms with Crippen LogP contribution in [0.1, 0.15) is 35.7 Å². The zero-order chi connectivity index (χ0) is 22.8. The highest BCUT2D eigenvalue weighted by molar-refractivity contribution is 6.06. The summed E-state index contributed by atoms with van der Waals surface area (Å²) in [6.45, 7) is 3.04. The summed E-state index contributed by atoms with van der Waals surface area (Å²) in [6.07, 6.45) is 3.65. The van der Waals surface area contributed by atoms with Gasteiger partial charge in [0.2, 0.25) is 5.91 Å². The summed E-state index contributed by atoms with van der Waals surface area (Å²) in [6, 6.07) is 19.2. The third-order valence-electron chi connectivity index (χ3n) is 5.85. The van der Waals surface area contributed by atoms with Crippen LogP contribution in [0.3, 0.4) is 0 Å². The summed E-state index contributed by atoms with van der Waals surface area (Å²) < 4.78 is 1.80. The summed E-state index contributed by atoms with van der Waals surface area (Å²) in [7, 11) is 0. The van der Waals surface area contributed by atoms with Gasteiger partial charge in [0.05, 0.1) is 22.8 Å². The highest BCUT2D eigenvalue weighted by Crippen LogP contribution is 2.30. The molecule has 7 nitrogen and oxygen atoms in total. The minimum absolute atomic E-state index is 0.0830. The van der Waals surface area contributed by atoms with Crippen molar-refractivity contribution in [3.63, 3.8) is 0 Å². The van der Waals surface area contributed by atoms with Crippen LogP contribution in [-0.2, 0) is 17.9 Å². The first kappa shape index (κ1) is 20.9. The van der Waals surface area contributed by atoms with E-state index in [1.54, 1.807) is 10.9 Å². The van der Waals surface area contributed by atoms with Gasteiger partial charge in [-0.2, -0.15) is 5.10 Å². The minimum Gasteiger partial charge on any atom is -0.348 e. The Hall–Kier alpha value is -4.00. The lowest BCUT2D eigenvalue weighted by molar-refractivity contribution is -0.117. The molecule has 2 N–H and O–H groups in total. The van der Waals surface area contributed by atoms with Crippen LogP contribution in [0.5, 0.6) is 0 Å². The molecule has 0 radical (unpaired) electrons. The first-order chi connectivity index (χ1) is 16.1. The van der Waals surface area contributed by atoms with E-state index in [0.29, 0.717) is 24.3 Å². The third-order valence-corrected chi connectivity index (χ3v) is 5.85. The van der Waals surface area contributed by atoms with Crippen molar-refractivity contribution < 1.29 is 9.59 Å². The number of hydrogen-bond acceptors (Lipinski definition) is 4. The van der Waals surface area contributed by atoms with Gasteiger partial charge in [0, 0.05) is 30.3 Å². The van der Waals surface area contributed by atoms with Crippen molar-refractivity contribution in [2.24, 2.45) is 5.92 Å². The summed E-state index contributed by atoms with van der Waals surface area (Å²) in [5.74, 6) is 0.0694. The average Bonchev–Trinajstić information content (AvgIpc) is 3.63. The van der Waals surface area contributed by atoms with Crippen LogP contribution in [0.4, 0.5) is 5.69 Å². The number of nitrogens with zero attached hydrogens (tertiary/aromatic N) is 3. The fourth-order valence-corrected chi connectivity index (χ4v) is 3.80. The number of hydrogen-bond donors (Lipinski definition) is 2. The molecule has 2 amide bonds. The van der Waals surface area contributed by atoms with Crippen LogP contribution >= 0.6 is 0 Å². The minimum atomic E-state index is -0.179. The molecule has 4 aromatic rings. The molecule has 1 aliphatic rings. The van der Waals surface area contributed by atoms with Crippen molar-refractivity contribution in [3.05, 3.63) is 78.0 Å². The van der Waals surface area contributed by atoms with E-state index < -0.39 is 0 Å². The molecule has 1 aliphatic carbocycles. The lowest BCUT2D eigenvalue weighted by Crippen LogP contribution is -2.23. The molecule has 166 valence electrons. The van der Waals surface area contributed by atoms with Crippen molar-refractivity contribution in [2.75, 3.05) is 5.32 Å². The normalized spacial score (nSPS) is 13.1. The molecule has 33 heavy (non-hydrogen) atoms.